The van der Waals surface area contributed by atoms with Gasteiger partial charge >= 0.3 is 12.1 Å². The van der Waals surface area contributed by atoms with E-state index < -0.39 is 12.1 Å². The predicted molar refractivity (Wildman–Crippen MR) is 52.1 cm³/mol. The number of hydrogen-bond donors (Lipinski definition) is 3. The number of carbonyl (C=O) groups excluding carboxylic acids is 3. The van der Waals surface area contributed by atoms with Crippen LogP contribution in [0.4, 0.5) is 9.59 Å². The molecule has 1 fully saturated rings. The van der Waals surface area contributed by atoms with E-state index in [2.05, 4.69) is 21.0 Å². The molecule has 0 radical (unpaired) electrons. The Labute approximate surface area is 88.6 Å². The predicted octanol–water partition coefficient (Wildman–Crippen LogP) is -1.03. The minimum absolute atomic E-state index is 0.111. The fraction of sp³-hybridized carbons (Fsp3) is 0.333. The lowest BCUT2D eigenvalue weighted by Crippen LogP contribution is -2.37. The van der Waals surface area contributed by atoms with Crippen molar-refractivity contribution in [3.63, 3.8) is 0 Å². The standard InChI is InChI=1S/C6H8N4O4S/c7-5(12)9-6(13)14-10-4-1-8-3(11)2-15-4/h1-2H2,(H,8,11)(H3,7,9,12,13). The third-order valence-corrected chi connectivity index (χ3v) is 2.22. The molecular formula is C6H8N4O4S. The lowest BCUT2D eigenvalue weighted by atomic mass is 10.6. The minimum Gasteiger partial charge on any atom is -0.351 e. The molecule has 0 saturated carbocycles. The zero-order chi connectivity index (χ0) is 11.3. The summed E-state index contributed by atoms with van der Waals surface area (Å²) >= 11 is 1.15. The van der Waals surface area contributed by atoms with Gasteiger partial charge in [-0.25, -0.2) is 14.9 Å². The van der Waals surface area contributed by atoms with Crippen LogP contribution < -0.4 is 16.4 Å². The van der Waals surface area contributed by atoms with Crippen molar-refractivity contribution in [2.24, 2.45) is 10.9 Å². The summed E-state index contributed by atoms with van der Waals surface area (Å²) in [5.41, 5.74) is 4.66. The third kappa shape index (κ3) is 4.31. The number of carbonyl (C=O) groups is 3. The van der Waals surface area contributed by atoms with Crippen LogP contribution >= 0.6 is 11.8 Å². The first-order chi connectivity index (χ1) is 7.08. The van der Waals surface area contributed by atoms with Gasteiger partial charge in [0.05, 0.1) is 12.3 Å². The van der Waals surface area contributed by atoms with Gasteiger partial charge in [-0.1, -0.05) is 16.9 Å². The molecule has 1 saturated heterocycles. The van der Waals surface area contributed by atoms with Gasteiger partial charge in [-0.3, -0.25) is 9.63 Å². The van der Waals surface area contributed by atoms with Crippen LogP contribution in [0.15, 0.2) is 5.16 Å². The van der Waals surface area contributed by atoms with Gasteiger partial charge < -0.3 is 11.1 Å². The number of nitrogens with zero attached hydrogens (tertiary/aromatic N) is 1. The summed E-state index contributed by atoms with van der Waals surface area (Å²) in [5.74, 6) is 0.111. The van der Waals surface area contributed by atoms with E-state index in [4.69, 9.17) is 0 Å². The van der Waals surface area contributed by atoms with E-state index in [1.54, 1.807) is 5.32 Å². The molecule has 8 nitrogen and oxygen atoms in total. The minimum atomic E-state index is -1.06. The Morgan fingerprint density at radius 1 is 1.60 bits per heavy atom. The van der Waals surface area contributed by atoms with E-state index in [-0.39, 0.29) is 18.2 Å². The lowest BCUT2D eigenvalue weighted by Gasteiger charge is -2.11. The number of nitrogens with one attached hydrogen (secondary N) is 2. The maximum absolute atomic E-state index is 10.7. The van der Waals surface area contributed by atoms with Crippen LogP contribution in [0.1, 0.15) is 0 Å². The van der Waals surface area contributed by atoms with Crippen LogP contribution in [0.3, 0.4) is 0 Å². The normalized spacial score (nSPS) is 18.1. The van der Waals surface area contributed by atoms with Crippen LogP contribution in [-0.2, 0) is 9.63 Å². The lowest BCUT2D eigenvalue weighted by molar-refractivity contribution is -0.118. The van der Waals surface area contributed by atoms with Crippen molar-refractivity contribution in [1.82, 2.24) is 10.6 Å². The Kier molecular flexibility index (Phi) is 3.92. The van der Waals surface area contributed by atoms with Crippen molar-refractivity contribution in [3.8, 4) is 0 Å². The van der Waals surface area contributed by atoms with Gasteiger partial charge in [-0.05, 0) is 0 Å². The van der Waals surface area contributed by atoms with Crippen LogP contribution in [0, 0.1) is 0 Å². The smallest absolute Gasteiger partial charge is 0.351 e. The summed E-state index contributed by atoms with van der Waals surface area (Å²) in [6, 6.07) is -1.02. The molecule has 0 bridgehead atoms. The van der Waals surface area contributed by atoms with E-state index in [1.165, 1.54) is 0 Å². The molecule has 0 atom stereocenters. The van der Waals surface area contributed by atoms with E-state index >= 15 is 0 Å². The molecular weight excluding hydrogens is 224 g/mol. The number of oxime groups is 1. The van der Waals surface area contributed by atoms with E-state index in [9.17, 15) is 14.4 Å². The molecule has 0 aromatic rings. The number of amides is 4. The molecule has 0 spiro atoms. The second-order valence-corrected chi connectivity index (χ2v) is 3.47. The van der Waals surface area contributed by atoms with Crippen molar-refractivity contribution < 1.29 is 19.2 Å². The van der Waals surface area contributed by atoms with E-state index in [1.807, 2.05) is 0 Å². The topological polar surface area (TPSA) is 123 Å². The monoisotopic (exact) mass is 232 g/mol. The number of hydrogen-bond acceptors (Lipinski definition) is 6. The highest BCUT2D eigenvalue weighted by Crippen LogP contribution is 2.07. The summed E-state index contributed by atoms with van der Waals surface area (Å²) in [7, 11) is 0. The zero-order valence-corrected chi connectivity index (χ0v) is 8.30. The fourth-order valence-electron chi connectivity index (χ4n) is 0.700. The molecule has 4 amide bonds. The van der Waals surface area contributed by atoms with Crippen molar-refractivity contribution >= 4 is 34.8 Å². The quantitative estimate of drug-likeness (QED) is 0.394. The fourth-order valence-corrected chi connectivity index (χ4v) is 1.36. The number of primary amides is 1. The van der Waals surface area contributed by atoms with E-state index in [0.717, 1.165) is 11.8 Å². The molecule has 1 aliphatic heterocycles. The first-order valence-corrected chi connectivity index (χ1v) is 4.80. The Balaban J connectivity index is 2.34. The van der Waals surface area contributed by atoms with E-state index in [0.29, 0.717) is 5.04 Å². The highest BCUT2D eigenvalue weighted by molar-refractivity contribution is 8.14. The SMILES string of the molecule is NC(=O)NC(=O)ON=C1CNC(=O)CS1. The van der Waals surface area contributed by atoms with Gasteiger partial charge in [-0.15, -0.1) is 0 Å². The van der Waals surface area contributed by atoms with Crippen molar-refractivity contribution in [2.75, 3.05) is 12.3 Å². The molecule has 1 rings (SSSR count). The molecule has 1 aliphatic rings. The van der Waals surface area contributed by atoms with Crippen molar-refractivity contribution in [3.05, 3.63) is 0 Å². The average molecular weight is 232 g/mol. The molecule has 0 aromatic heterocycles. The second-order valence-electron chi connectivity index (χ2n) is 2.42. The molecule has 9 heteroatoms. The van der Waals surface area contributed by atoms with Crippen LogP contribution in [0.25, 0.3) is 0 Å². The highest BCUT2D eigenvalue weighted by Gasteiger charge is 2.14. The largest absolute Gasteiger partial charge is 0.441 e. The second kappa shape index (κ2) is 5.20. The van der Waals surface area contributed by atoms with Crippen LogP contribution in [0.5, 0.6) is 0 Å². The average Bonchev–Trinajstić information content (AvgIpc) is 2.16. The number of thioether (sulfide) groups is 1. The molecule has 0 unspecified atom stereocenters. The maximum atomic E-state index is 10.7. The Bertz CT molecular complexity index is 317. The van der Waals surface area contributed by atoms with Gasteiger partial charge in [0.25, 0.3) is 0 Å². The first-order valence-electron chi connectivity index (χ1n) is 3.81. The molecule has 1 heterocycles. The van der Waals surface area contributed by atoms with Gasteiger partial charge in [0.2, 0.25) is 5.91 Å². The highest BCUT2D eigenvalue weighted by atomic mass is 32.2. The van der Waals surface area contributed by atoms with Gasteiger partial charge in [-0.2, -0.15) is 0 Å². The Morgan fingerprint density at radius 3 is 2.87 bits per heavy atom. The van der Waals surface area contributed by atoms with Crippen LogP contribution in [0.2, 0.25) is 0 Å². The molecule has 0 aromatic carbocycles. The van der Waals surface area contributed by atoms with Crippen LogP contribution in [-0.4, -0.2) is 35.4 Å². The number of rotatable bonds is 1. The maximum Gasteiger partial charge on any atom is 0.441 e. The summed E-state index contributed by atoms with van der Waals surface area (Å²) < 4.78 is 0. The summed E-state index contributed by atoms with van der Waals surface area (Å²) in [4.78, 5) is 35.9. The summed E-state index contributed by atoms with van der Waals surface area (Å²) in [6.07, 6.45) is -1.06. The van der Waals surface area contributed by atoms with Crippen molar-refractivity contribution in [2.45, 2.75) is 0 Å². The number of imide groups is 1. The summed E-state index contributed by atoms with van der Waals surface area (Å²) in [5, 5.41) is 8.02. The Hall–Kier alpha value is -1.77. The van der Waals surface area contributed by atoms with Gasteiger partial charge in [0.15, 0.2) is 0 Å². The first kappa shape index (κ1) is 11.3. The summed E-state index contributed by atoms with van der Waals surface area (Å²) in [6.45, 7) is 0.202. The molecule has 0 aliphatic carbocycles. The number of urea groups is 1. The van der Waals surface area contributed by atoms with Crippen molar-refractivity contribution in [1.29, 1.82) is 0 Å². The molecule has 82 valence electrons. The Morgan fingerprint density at radius 2 is 2.33 bits per heavy atom. The van der Waals surface area contributed by atoms with Gasteiger partial charge in [0, 0.05) is 0 Å². The third-order valence-electron chi connectivity index (χ3n) is 1.26. The zero-order valence-electron chi connectivity index (χ0n) is 7.48. The van der Waals surface area contributed by atoms with Gasteiger partial charge in [0.1, 0.15) is 5.04 Å². The molecule has 4 N–H and O–H groups in total. The number of nitrogens with two attached hydrogens (primary N) is 1. The molecule has 15 heavy (non-hydrogen) atoms.